The first kappa shape index (κ1) is 15.7. The minimum absolute atomic E-state index is 0.487. The molecule has 1 rings (SSSR count). The lowest BCUT2D eigenvalue weighted by Gasteiger charge is -2.11. The lowest BCUT2D eigenvalue weighted by molar-refractivity contribution is 0.360. The SMILES string of the molecule is C=C(Br)COc1ccc(Br)c(CNCC(C)C)c1. The number of hydrogen-bond acceptors (Lipinski definition) is 2. The molecule has 2 nitrogen and oxygen atoms in total. The molecule has 0 fully saturated rings. The number of hydrogen-bond donors (Lipinski definition) is 1. The van der Waals surface area contributed by atoms with Gasteiger partial charge in [0.05, 0.1) is 0 Å². The van der Waals surface area contributed by atoms with E-state index in [0.29, 0.717) is 12.5 Å². The summed E-state index contributed by atoms with van der Waals surface area (Å²) in [6.07, 6.45) is 0. The molecule has 0 aliphatic heterocycles. The highest BCUT2D eigenvalue weighted by Crippen LogP contribution is 2.23. The van der Waals surface area contributed by atoms with E-state index in [9.17, 15) is 0 Å². The van der Waals surface area contributed by atoms with E-state index in [0.717, 1.165) is 27.8 Å². The molecule has 0 radical (unpaired) electrons. The molecule has 1 N–H and O–H groups in total. The van der Waals surface area contributed by atoms with Crippen LogP contribution >= 0.6 is 31.9 Å². The lowest BCUT2D eigenvalue weighted by atomic mass is 10.2. The van der Waals surface area contributed by atoms with Crippen molar-refractivity contribution in [3.05, 3.63) is 39.3 Å². The van der Waals surface area contributed by atoms with Crippen LogP contribution in [0.15, 0.2) is 33.7 Å². The van der Waals surface area contributed by atoms with Gasteiger partial charge in [0, 0.05) is 15.5 Å². The zero-order valence-corrected chi connectivity index (χ0v) is 14.0. The van der Waals surface area contributed by atoms with Crippen molar-refractivity contribution in [3.8, 4) is 5.75 Å². The van der Waals surface area contributed by atoms with Crippen molar-refractivity contribution in [1.82, 2.24) is 5.32 Å². The summed E-state index contributed by atoms with van der Waals surface area (Å²) < 4.78 is 7.53. The van der Waals surface area contributed by atoms with Crippen LogP contribution in [0.3, 0.4) is 0 Å². The van der Waals surface area contributed by atoms with E-state index in [1.54, 1.807) is 0 Å². The predicted molar refractivity (Wildman–Crippen MR) is 84.2 cm³/mol. The Kier molecular flexibility index (Phi) is 6.97. The second-order valence-electron chi connectivity index (χ2n) is 4.58. The summed E-state index contributed by atoms with van der Waals surface area (Å²) in [4.78, 5) is 0. The summed E-state index contributed by atoms with van der Waals surface area (Å²) in [6, 6.07) is 6.01. The van der Waals surface area contributed by atoms with Gasteiger partial charge in [0.25, 0.3) is 0 Å². The van der Waals surface area contributed by atoms with E-state index in [1.165, 1.54) is 5.56 Å². The fourth-order valence-electron chi connectivity index (χ4n) is 1.43. The quantitative estimate of drug-likeness (QED) is 0.757. The Labute approximate surface area is 126 Å². The third-order valence-electron chi connectivity index (χ3n) is 2.28. The zero-order valence-electron chi connectivity index (χ0n) is 10.8. The van der Waals surface area contributed by atoms with Crippen molar-refractivity contribution in [2.75, 3.05) is 13.2 Å². The number of ether oxygens (including phenoxy) is 1. The highest BCUT2D eigenvalue weighted by molar-refractivity contribution is 9.11. The molecular formula is C14H19Br2NO. The molecule has 0 saturated heterocycles. The molecule has 1 aromatic carbocycles. The third kappa shape index (κ3) is 6.03. The molecule has 0 bridgehead atoms. The number of halogens is 2. The maximum atomic E-state index is 5.60. The standard InChI is InChI=1S/C14H19Br2NO/c1-10(2)7-17-8-12-6-13(4-5-14(12)16)18-9-11(3)15/h4-6,10,17H,3,7-9H2,1-2H3. The Morgan fingerprint density at radius 3 is 2.78 bits per heavy atom. The lowest BCUT2D eigenvalue weighted by Crippen LogP contribution is -2.19. The molecular weight excluding hydrogens is 358 g/mol. The minimum atomic E-state index is 0.487. The normalized spacial score (nSPS) is 10.7. The Morgan fingerprint density at radius 2 is 2.17 bits per heavy atom. The Bertz CT molecular complexity index is 405. The Balaban J connectivity index is 2.60. The summed E-state index contributed by atoms with van der Waals surface area (Å²) in [5, 5.41) is 3.42. The van der Waals surface area contributed by atoms with Crippen molar-refractivity contribution in [1.29, 1.82) is 0 Å². The second kappa shape index (κ2) is 7.97. The molecule has 0 spiro atoms. The van der Waals surface area contributed by atoms with Gasteiger partial charge in [-0.2, -0.15) is 0 Å². The maximum absolute atomic E-state index is 5.60. The first-order valence-corrected chi connectivity index (χ1v) is 7.53. The van der Waals surface area contributed by atoms with Gasteiger partial charge < -0.3 is 10.1 Å². The van der Waals surface area contributed by atoms with Crippen molar-refractivity contribution in [3.63, 3.8) is 0 Å². The van der Waals surface area contributed by atoms with Gasteiger partial charge in [-0.15, -0.1) is 0 Å². The van der Waals surface area contributed by atoms with Gasteiger partial charge in [-0.3, -0.25) is 0 Å². The van der Waals surface area contributed by atoms with Crippen molar-refractivity contribution < 1.29 is 4.74 Å². The monoisotopic (exact) mass is 375 g/mol. The molecule has 0 saturated carbocycles. The molecule has 100 valence electrons. The molecule has 4 heteroatoms. The molecule has 0 unspecified atom stereocenters. The van der Waals surface area contributed by atoms with Gasteiger partial charge in [-0.1, -0.05) is 52.3 Å². The molecule has 0 aromatic heterocycles. The molecule has 0 amide bonds. The van der Waals surface area contributed by atoms with Gasteiger partial charge in [-0.25, -0.2) is 0 Å². The van der Waals surface area contributed by atoms with E-state index in [2.05, 4.69) is 57.6 Å². The average molecular weight is 377 g/mol. The van der Waals surface area contributed by atoms with Gasteiger partial charge in [-0.05, 0) is 36.2 Å². The van der Waals surface area contributed by atoms with Crippen LogP contribution < -0.4 is 10.1 Å². The Hall–Kier alpha value is -0.320. The second-order valence-corrected chi connectivity index (χ2v) is 6.56. The van der Waals surface area contributed by atoms with Crippen molar-refractivity contribution >= 4 is 31.9 Å². The number of nitrogens with one attached hydrogen (secondary N) is 1. The van der Waals surface area contributed by atoms with Crippen LogP contribution in [0.5, 0.6) is 5.75 Å². The Morgan fingerprint density at radius 1 is 1.44 bits per heavy atom. The van der Waals surface area contributed by atoms with Crippen LogP contribution in [0.1, 0.15) is 19.4 Å². The smallest absolute Gasteiger partial charge is 0.120 e. The first-order valence-electron chi connectivity index (χ1n) is 5.94. The van der Waals surface area contributed by atoms with Crippen LogP contribution in [-0.4, -0.2) is 13.2 Å². The molecule has 18 heavy (non-hydrogen) atoms. The summed E-state index contributed by atoms with van der Waals surface area (Å²) in [7, 11) is 0. The van der Waals surface area contributed by atoms with Gasteiger partial charge in [0.15, 0.2) is 0 Å². The van der Waals surface area contributed by atoms with Crippen molar-refractivity contribution in [2.45, 2.75) is 20.4 Å². The fourth-order valence-corrected chi connectivity index (χ4v) is 1.93. The van der Waals surface area contributed by atoms with Crippen molar-refractivity contribution in [2.24, 2.45) is 5.92 Å². The largest absolute Gasteiger partial charge is 0.488 e. The molecule has 0 heterocycles. The van der Waals surface area contributed by atoms with E-state index in [-0.39, 0.29) is 0 Å². The van der Waals surface area contributed by atoms with Crippen LogP contribution in [0, 0.1) is 5.92 Å². The van der Waals surface area contributed by atoms with Gasteiger partial charge in [0.1, 0.15) is 12.4 Å². The van der Waals surface area contributed by atoms with Gasteiger partial charge >= 0.3 is 0 Å². The van der Waals surface area contributed by atoms with Crippen LogP contribution in [-0.2, 0) is 6.54 Å². The zero-order chi connectivity index (χ0) is 13.5. The molecule has 0 aliphatic carbocycles. The molecule has 0 atom stereocenters. The van der Waals surface area contributed by atoms with Crippen LogP contribution in [0.4, 0.5) is 0 Å². The maximum Gasteiger partial charge on any atom is 0.120 e. The van der Waals surface area contributed by atoms with E-state index in [1.807, 2.05) is 18.2 Å². The highest BCUT2D eigenvalue weighted by atomic mass is 79.9. The summed E-state index contributed by atoms with van der Waals surface area (Å²) >= 11 is 6.84. The summed E-state index contributed by atoms with van der Waals surface area (Å²) in [6.45, 7) is 10.5. The molecule has 1 aromatic rings. The van der Waals surface area contributed by atoms with E-state index < -0.39 is 0 Å². The fraction of sp³-hybridized carbons (Fsp3) is 0.429. The predicted octanol–water partition coefficient (Wildman–Crippen LogP) is 4.48. The molecule has 0 aliphatic rings. The number of benzene rings is 1. The summed E-state index contributed by atoms with van der Waals surface area (Å²) in [5.74, 6) is 1.51. The van der Waals surface area contributed by atoms with E-state index in [4.69, 9.17) is 4.74 Å². The third-order valence-corrected chi connectivity index (χ3v) is 3.28. The van der Waals surface area contributed by atoms with E-state index >= 15 is 0 Å². The minimum Gasteiger partial charge on any atom is -0.488 e. The van der Waals surface area contributed by atoms with Crippen LogP contribution in [0.2, 0.25) is 0 Å². The van der Waals surface area contributed by atoms with Gasteiger partial charge in [0.2, 0.25) is 0 Å². The number of rotatable bonds is 7. The van der Waals surface area contributed by atoms with Crippen LogP contribution in [0.25, 0.3) is 0 Å². The summed E-state index contributed by atoms with van der Waals surface area (Å²) in [5.41, 5.74) is 1.20. The average Bonchev–Trinajstić information content (AvgIpc) is 2.29. The topological polar surface area (TPSA) is 21.3 Å². The first-order chi connectivity index (χ1) is 8.49. The highest BCUT2D eigenvalue weighted by Gasteiger charge is 2.03.